The number of fused-ring (bicyclic) bond motifs is 1. The highest BCUT2D eigenvalue weighted by Gasteiger charge is 2.17. The monoisotopic (exact) mass is 382 g/mol. The summed E-state index contributed by atoms with van der Waals surface area (Å²) in [5.41, 5.74) is 1.97. The van der Waals surface area contributed by atoms with Crippen LogP contribution in [0, 0.1) is 0 Å². The fraction of sp³-hybridized carbons (Fsp3) is 0.368. The van der Waals surface area contributed by atoms with Crippen molar-refractivity contribution in [2.75, 3.05) is 38.3 Å². The van der Waals surface area contributed by atoms with Crippen molar-refractivity contribution >= 4 is 22.8 Å². The number of nitrogens with one attached hydrogen (secondary N) is 2. The van der Waals surface area contributed by atoms with Gasteiger partial charge in [0.05, 0.1) is 33.3 Å². The lowest BCUT2D eigenvalue weighted by atomic mass is 10.1. The highest BCUT2D eigenvalue weighted by Crippen LogP contribution is 2.18. The van der Waals surface area contributed by atoms with Crippen molar-refractivity contribution in [2.24, 2.45) is 0 Å². The number of morpholine rings is 1. The van der Waals surface area contributed by atoms with Gasteiger partial charge in [-0.05, 0) is 11.6 Å². The lowest BCUT2D eigenvalue weighted by molar-refractivity contribution is -0.120. The van der Waals surface area contributed by atoms with Gasteiger partial charge in [-0.2, -0.15) is 15.0 Å². The van der Waals surface area contributed by atoms with Gasteiger partial charge in [0.25, 0.3) is 0 Å². The molecule has 0 saturated carbocycles. The average Bonchev–Trinajstić information content (AvgIpc) is 3.15. The first-order chi connectivity index (χ1) is 13.7. The molecular formula is C19H22N6O3. The Bertz CT molecular complexity index is 967. The smallest absolute Gasteiger partial charge is 0.321 e. The van der Waals surface area contributed by atoms with E-state index < -0.39 is 0 Å². The van der Waals surface area contributed by atoms with Gasteiger partial charge in [-0.1, -0.05) is 18.2 Å². The molecule has 1 aliphatic rings. The number of para-hydroxylation sites is 1. The summed E-state index contributed by atoms with van der Waals surface area (Å²) in [5, 5.41) is 3.93. The standard InChI is InChI=1S/C19H22N6O3/c1-27-19-23-16(22-18(24-19)25-6-8-28-9-7-25)12-21-17(26)10-13-11-20-15-5-3-2-4-14(13)15/h2-5,11,20H,6-10,12H2,1H3,(H,21,26). The quantitative estimate of drug-likeness (QED) is 0.657. The van der Waals surface area contributed by atoms with Crippen LogP contribution in [-0.2, 0) is 22.5 Å². The van der Waals surface area contributed by atoms with Gasteiger partial charge in [-0.3, -0.25) is 4.79 Å². The molecule has 3 aromatic rings. The van der Waals surface area contributed by atoms with Crippen LogP contribution in [-0.4, -0.2) is 59.3 Å². The number of methoxy groups -OCH3 is 1. The molecule has 0 aliphatic carbocycles. The van der Waals surface area contributed by atoms with Crippen molar-refractivity contribution in [3.05, 3.63) is 41.9 Å². The number of aromatic nitrogens is 4. The number of benzene rings is 1. The Morgan fingerprint density at radius 3 is 2.89 bits per heavy atom. The summed E-state index contributed by atoms with van der Waals surface area (Å²) < 4.78 is 10.6. The molecule has 28 heavy (non-hydrogen) atoms. The Balaban J connectivity index is 1.42. The number of H-pyrrole nitrogens is 1. The Labute approximate surface area is 162 Å². The minimum atomic E-state index is -0.0999. The Hall–Kier alpha value is -3.20. The molecule has 0 unspecified atom stereocenters. The van der Waals surface area contributed by atoms with Crippen LogP contribution < -0.4 is 15.0 Å². The number of aromatic amines is 1. The van der Waals surface area contributed by atoms with Crippen molar-refractivity contribution in [3.63, 3.8) is 0 Å². The molecule has 0 spiro atoms. The molecule has 0 radical (unpaired) electrons. The fourth-order valence-electron chi connectivity index (χ4n) is 3.15. The zero-order valence-corrected chi connectivity index (χ0v) is 15.6. The second-order valence-electron chi connectivity index (χ2n) is 6.45. The van der Waals surface area contributed by atoms with E-state index in [4.69, 9.17) is 9.47 Å². The van der Waals surface area contributed by atoms with Crippen molar-refractivity contribution in [1.82, 2.24) is 25.3 Å². The third kappa shape index (κ3) is 4.04. The summed E-state index contributed by atoms with van der Waals surface area (Å²) in [7, 11) is 1.51. The number of carbonyl (C=O) groups is 1. The number of ether oxygens (including phenoxy) is 2. The summed E-state index contributed by atoms with van der Waals surface area (Å²) in [6.07, 6.45) is 2.15. The number of nitrogens with zero attached hydrogens (tertiary/aromatic N) is 4. The molecule has 1 aliphatic heterocycles. The molecule has 1 fully saturated rings. The maximum absolute atomic E-state index is 12.4. The van der Waals surface area contributed by atoms with E-state index in [2.05, 4.69) is 25.3 Å². The Morgan fingerprint density at radius 1 is 1.25 bits per heavy atom. The first-order valence-electron chi connectivity index (χ1n) is 9.16. The van der Waals surface area contributed by atoms with Crippen molar-refractivity contribution in [3.8, 4) is 6.01 Å². The van der Waals surface area contributed by atoms with E-state index in [1.807, 2.05) is 35.4 Å². The van der Waals surface area contributed by atoms with Gasteiger partial charge >= 0.3 is 6.01 Å². The molecule has 3 heterocycles. The van der Waals surface area contributed by atoms with E-state index in [9.17, 15) is 4.79 Å². The number of anilines is 1. The van der Waals surface area contributed by atoms with E-state index in [1.54, 1.807) is 0 Å². The van der Waals surface area contributed by atoms with Crippen molar-refractivity contribution in [1.29, 1.82) is 0 Å². The van der Waals surface area contributed by atoms with Crippen LogP contribution in [0.1, 0.15) is 11.4 Å². The summed E-state index contributed by atoms with van der Waals surface area (Å²) in [6.45, 7) is 2.88. The van der Waals surface area contributed by atoms with Gasteiger partial charge < -0.3 is 24.7 Å². The Kier molecular flexibility index (Phi) is 5.34. The molecule has 2 N–H and O–H groups in total. The van der Waals surface area contributed by atoms with Gasteiger partial charge in [0.1, 0.15) is 0 Å². The highest BCUT2D eigenvalue weighted by molar-refractivity contribution is 5.88. The largest absolute Gasteiger partial charge is 0.467 e. The third-order valence-electron chi connectivity index (χ3n) is 4.60. The molecule has 0 bridgehead atoms. The summed E-state index contributed by atoms with van der Waals surface area (Å²) >= 11 is 0. The second-order valence-corrected chi connectivity index (χ2v) is 6.45. The average molecular weight is 382 g/mol. The van der Waals surface area contributed by atoms with Crippen LogP contribution in [0.5, 0.6) is 6.01 Å². The molecule has 9 nitrogen and oxygen atoms in total. The summed E-state index contributed by atoms with van der Waals surface area (Å²) in [4.78, 5) is 30.6. The minimum Gasteiger partial charge on any atom is -0.467 e. The second kappa shape index (κ2) is 8.22. The maximum Gasteiger partial charge on any atom is 0.321 e. The topological polar surface area (TPSA) is 105 Å². The van der Waals surface area contributed by atoms with Gasteiger partial charge in [-0.25, -0.2) is 0 Å². The molecule has 1 saturated heterocycles. The van der Waals surface area contributed by atoms with Crippen LogP contribution >= 0.6 is 0 Å². The van der Waals surface area contributed by atoms with Crippen molar-refractivity contribution in [2.45, 2.75) is 13.0 Å². The fourth-order valence-corrected chi connectivity index (χ4v) is 3.15. The van der Waals surface area contributed by atoms with Crippen LogP contribution in [0.25, 0.3) is 10.9 Å². The molecule has 9 heteroatoms. The zero-order chi connectivity index (χ0) is 19.3. The first-order valence-corrected chi connectivity index (χ1v) is 9.16. The van der Waals surface area contributed by atoms with Crippen LogP contribution in [0.2, 0.25) is 0 Å². The molecule has 1 amide bonds. The number of carbonyl (C=O) groups excluding carboxylic acids is 1. The van der Waals surface area contributed by atoms with Crippen LogP contribution in [0.15, 0.2) is 30.5 Å². The van der Waals surface area contributed by atoms with Gasteiger partial charge in [0.15, 0.2) is 5.82 Å². The van der Waals surface area contributed by atoms with Gasteiger partial charge in [0, 0.05) is 30.2 Å². The van der Waals surface area contributed by atoms with E-state index in [-0.39, 0.29) is 24.9 Å². The zero-order valence-electron chi connectivity index (χ0n) is 15.6. The SMILES string of the molecule is COc1nc(CNC(=O)Cc2c[nH]c3ccccc23)nc(N2CCOCC2)n1. The van der Waals surface area contributed by atoms with E-state index in [0.29, 0.717) is 38.1 Å². The lowest BCUT2D eigenvalue weighted by Gasteiger charge is -2.26. The molecular weight excluding hydrogens is 360 g/mol. The van der Waals surface area contributed by atoms with Crippen molar-refractivity contribution < 1.29 is 14.3 Å². The number of amides is 1. The molecule has 1 aromatic carbocycles. The predicted octanol–water partition coefficient (Wildman–Crippen LogP) is 1.06. The molecule has 146 valence electrons. The molecule has 0 atom stereocenters. The molecule has 2 aromatic heterocycles. The predicted molar refractivity (Wildman–Crippen MR) is 103 cm³/mol. The Morgan fingerprint density at radius 2 is 2.07 bits per heavy atom. The number of rotatable bonds is 6. The maximum atomic E-state index is 12.4. The lowest BCUT2D eigenvalue weighted by Crippen LogP contribution is -2.37. The highest BCUT2D eigenvalue weighted by atomic mass is 16.5. The van der Waals surface area contributed by atoms with Gasteiger partial charge in [-0.15, -0.1) is 0 Å². The summed E-state index contributed by atoms with van der Waals surface area (Å²) in [5.74, 6) is 0.897. The van der Waals surface area contributed by atoms with Gasteiger partial charge in [0.2, 0.25) is 11.9 Å². The number of hydrogen-bond acceptors (Lipinski definition) is 7. The minimum absolute atomic E-state index is 0.0999. The van der Waals surface area contributed by atoms with E-state index >= 15 is 0 Å². The number of hydrogen-bond donors (Lipinski definition) is 2. The van der Waals surface area contributed by atoms with E-state index in [0.717, 1.165) is 16.5 Å². The summed E-state index contributed by atoms with van der Waals surface area (Å²) in [6, 6.07) is 8.14. The van der Waals surface area contributed by atoms with Crippen LogP contribution in [0.4, 0.5) is 5.95 Å². The van der Waals surface area contributed by atoms with E-state index in [1.165, 1.54) is 7.11 Å². The van der Waals surface area contributed by atoms with Crippen LogP contribution in [0.3, 0.4) is 0 Å². The first kappa shape index (κ1) is 18.2. The molecule has 4 rings (SSSR count). The normalized spacial score (nSPS) is 14.2. The third-order valence-corrected chi connectivity index (χ3v) is 4.60.